The molecular weight excluding hydrogens is 468 g/mol. The van der Waals surface area contributed by atoms with Crippen LogP contribution in [0.2, 0.25) is 5.02 Å². The maximum absolute atomic E-state index is 13.1. The third kappa shape index (κ3) is 6.15. The first-order valence-electron chi connectivity index (χ1n) is 10.6. The van der Waals surface area contributed by atoms with Crippen LogP contribution in [0.5, 0.6) is 0 Å². The van der Waals surface area contributed by atoms with E-state index < -0.39 is 0 Å². The van der Waals surface area contributed by atoms with Crippen LogP contribution in [-0.4, -0.2) is 28.6 Å². The predicted octanol–water partition coefficient (Wildman–Crippen LogP) is 5.34. The van der Waals surface area contributed by atoms with Gasteiger partial charge in [-0.2, -0.15) is 0 Å². The van der Waals surface area contributed by atoms with Crippen molar-refractivity contribution in [2.45, 2.75) is 6.42 Å². The number of hydrogen-bond acceptors (Lipinski definition) is 5. The van der Waals surface area contributed by atoms with Crippen LogP contribution in [0, 0.1) is 0 Å². The normalized spacial score (nSPS) is 11.1. The van der Waals surface area contributed by atoms with Gasteiger partial charge in [0.1, 0.15) is 5.01 Å². The van der Waals surface area contributed by atoms with E-state index in [-0.39, 0.29) is 11.8 Å². The second-order valence-electron chi connectivity index (χ2n) is 7.28. The summed E-state index contributed by atoms with van der Waals surface area (Å²) < 4.78 is 0. The minimum Gasteiger partial charge on any atom is -0.352 e. The first kappa shape index (κ1) is 23.4. The quantitative estimate of drug-likeness (QED) is 0.259. The summed E-state index contributed by atoms with van der Waals surface area (Å²) in [7, 11) is 0. The molecule has 3 aromatic carbocycles. The van der Waals surface area contributed by atoms with Crippen molar-refractivity contribution in [3.63, 3.8) is 0 Å². The fourth-order valence-electron chi connectivity index (χ4n) is 3.21. The molecular formula is C26H21ClN4O2S. The van der Waals surface area contributed by atoms with E-state index in [1.165, 1.54) is 11.3 Å². The summed E-state index contributed by atoms with van der Waals surface area (Å²) in [4.78, 5) is 25.4. The lowest BCUT2D eigenvalue weighted by Crippen LogP contribution is -2.25. The van der Waals surface area contributed by atoms with E-state index in [0.29, 0.717) is 39.3 Å². The molecule has 1 heterocycles. The molecule has 0 fully saturated rings. The third-order valence-corrected chi connectivity index (χ3v) is 6.10. The molecule has 2 N–H and O–H groups in total. The Hall–Kier alpha value is -3.81. The van der Waals surface area contributed by atoms with Crippen molar-refractivity contribution in [1.29, 1.82) is 0 Å². The van der Waals surface area contributed by atoms with Crippen molar-refractivity contribution in [2.75, 3.05) is 11.9 Å². The SMILES string of the molecule is O=C(Nc1nnc(CCNC(=O)c2ccccc2Cl)s1)/C(=C/c1ccccc1)c1ccccc1. The number of benzene rings is 3. The van der Waals surface area contributed by atoms with Crippen molar-refractivity contribution in [3.8, 4) is 0 Å². The maximum atomic E-state index is 13.1. The van der Waals surface area contributed by atoms with Gasteiger partial charge < -0.3 is 5.32 Å². The van der Waals surface area contributed by atoms with Crippen LogP contribution in [0.4, 0.5) is 5.13 Å². The highest BCUT2D eigenvalue weighted by Crippen LogP contribution is 2.22. The highest BCUT2D eigenvalue weighted by atomic mass is 35.5. The van der Waals surface area contributed by atoms with Gasteiger partial charge in [-0.15, -0.1) is 10.2 Å². The second-order valence-corrected chi connectivity index (χ2v) is 8.74. The molecule has 0 unspecified atom stereocenters. The number of rotatable bonds is 8. The number of hydrogen-bond donors (Lipinski definition) is 2. The van der Waals surface area contributed by atoms with Crippen LogP contribution >= 0.6 is 22.9 Å². The highest BCUT2D eigenvalue weighted by Gasteiger charge is 2.15. The Balaban J connectivity index is 1.40. The first-order chi connectivity index (χ1) is 16.6. The van der Waals surface area contributed by atoms with Crippen molar-refractivity contribution in [2.24, 2.45) is 0 Å². The molecule has 0 radical (unpaired) electrons. The molecule has 0 bridgehead atoms. The van der Waals surface area contributed by atoms with Gasteiger partial charge in [-0.25, -0.2) is 0 Å². The molecule has 8 heteroatoms. The zero-order valence-electron chi connectivity index (χ0n) is 18.1. The number of aromatic nitrogens is 2. The minimum atomic E-state index is -0.273. The Kier molecular flexibility index (Phi) is 7.80. The van der Waals surface area contributed by atoms with Gasteiger partial charge in [0.05, 0.1) is 10.6 Å². The van der Waals surface area contributed by atoms with Crippen LogP contribution in [0.1, 0.15) is 26.5 Å². The number of carbonyl (C=O) groups excluding carboxylic acids is 2. The number of nitrogens with one attached hydrogen (secondary N) is 2. The summed E-state index contributed by atoms with van der Waals surface area (Å²) in [5, 5.41) is 15.4. The maximum Gasteiger partial charge on any atom is 0.258 e. The molecule has 2 amide bonds. The molecule has 4 aromatic rings. The summed E-state index contributed by atoms with van der Waals surface area (Å²) in [6, 6.07) is 26.0. The van der Waals surface area contributed by atoms with Crippen molar-refractivity contribution >= 4 is 51.5 Å². The van der Waals surface area contributed by atoms with Crippen LogP contribution in [0.3, 0.4) is 0 Å². The Morgan fingerprint density at radius 1 is 0.882 bits per heavy atom. The molecule has 0 aliphatic heterocycles. The number of amides is 2. The lowest BCUT2D eigenvalue weighted by atomic mass is 10.0. The Labute approximate surface area is 206 Å². The molecule has 6 nitrogen and oxygen atoms in total. The molecule has 34 heavy (non-hydrogen) atoms. The number of anilines is 1. The van der Waals surface area contributed by atoms with Gasteiger partial charge in [0, 0.05) is 18.5 Å². The first-order valence-corrected chi connectivity index (χ1v) is 11.8. The highest BCUT2D eigenvalue weighted by molar-refractivity contribution is 7.15. The topological polar surface area (TPSA) is 84.0 Å². The van der Waals surface area contributed by atoms with Gasteiger partial charge in [-0.1, -0.05) is 95.7 Å². The summed E-state index contributed by atoms with van der Waals surface area (Å²) in [5.41, 5.74) is 2.67. The van der Waals surface area contributed by atoms with Gasteiger partial charge in [0.25, 0.3) is 11.8 Å². The summed E-state index contributed by atoms with van der Waals surface area (Å²) in [6.07, 6.45) is 2.33. The predicted molar refractivity (Wildman–Crippen MR) is 137 cm³/mol. The van der Waals surface area contributed by atoms with Crippen LogP contribution in [-0.2, 0) is 11.2 Å². The summed E-state index contributed by atoms with van der Waals surface area (Å²) >= 11 is 7.33. The Morgan fingerprint density at radius 2 is 1.56 bits per heavy atom. The number of carbonyl (C=O) groups is 2. The molecule has 170 valence electrons. The van der Waals surface area contributed by atoms with Gasteiger partial charge in [-0.05, 0) is 29.3 Å². The van der Waals surface area contributed by atoms with E-state index in [0.717, 1.165) is 11.1 Å². The van der Waals surface area contributed by atoms with Crippen LogP contribution in [0.15, 0.2) is 84.9 Å². The fourth-order valence-corrected chi connectivity index (χ4v) is 4.16. The van der Waals surface area contributed by atoms with Crippen molar-refractivity contribution < 1.29 is 9.59 Å². The van der Waals surface area contributed by atoms with Crippen molar-refractivity contribution in [1.82, 2.24) is 15.5 Å². The minimum absolute atomic E-state index is 0.248. The zero-order valence-corrected chi connectivity index (χ0v) is 19.6. The molecule has 1 aromatic heterocycles. The second kappa shape index (κ2) is 11.4. The lowest BCUT2D eigenvalue weighted by Gasteiger charge is -2.08. The van der Waals surface area contributed by atoms with E-state index >= 15 is 0 Å². The number of halogens is 1. The van der Waals surface area contributed by atoms with Gasteiger partial charge in [0.15, 0.2) is 0 Å². The molecule has 0 saturated carbocycles. The van der Waals surface area contributed by atoms with E-state index in [1.807, 2.05) is 66.7 Å². The standard InChI is InChI=1S/C26H21ClN4O2S/c27-22-14-8-7-13-20(22)24(32)28-16-15-23-30-31-26(34-23)29-25(33)21(19-11-5-2-6-12-19)17-18-9-3-1-4-10-18/h1-14,17H,15-16H2,(H,28,32)(H,29,31,33)/b21-17+. The van der Waals surface area contributed by atoms with Crippen LogP contribution < -0.4 is 10.6 Å². The smallest absolute Gasteiger partial charge is 0.258 e. The largest absolute Gasteiger partial charge is 0.352 e. The Bertz CT molecular complexity index is 1310. The monoisotopic (exact) mass is 488 g/mol. The van der Waals surface area contributed by atoms with E-state index in [4.69, 9.17) is 11.6 Å². The molecule has 0 atom stereocenters. The molecule has 0 spiro atoms. The van der Waals surface area contributed by atoms with Gasteiger partial charge >= 0.3 is 0 Å². The Morgan fingerprint density at radius 3 is 2.29 bits per heavy atom. The van der Waals surface area contributed by atoms with E-state index in [2.05, 4.69) is 20.8 Å². The van der Waals surface area contributed by atoms with E-state index in [1.54, 1.807) is 24.3 Å². The molecule has 0 aliphatic rings. The van der Waals surface area contributed by atoms with E-state index in [9.17, 15) is 9.59 Å². The fraction of sp³-hybridized carbons (Fsp3) is 0.0769. The van der Waals surface area contributed by atoms with Gasteiger partial charge in [-0.3, -0.25) is 14.9 Å². The summed E-state index contributed by atoms with van der Waals surface area (Å²) in [6.45, 7) is 0.371. The number of nitrogens with zero attached hydrogens (tertiary/aromatic N) is 2. The lowest BCUT2D eigenvalue weighted by molar-refractivity contribution is -0.111. The molecule has 0 aliphatic carbocycles. The van der Waals surface area contributed by atoms with Crippen LogP contribution in [0.25, 0.3) is 11.6 Å². The third-order valence-electron chi connectivity index (χ3n) is 4.87. The van der Waals surface area contributed by atoms with Gasteiger partial charge in [0.2, 0.25) is 5.13 Å². The average Bonchev–Trinajstić information content (AvgIpc) is 3.31. The molecule has 0 saturated heterocycles. The summed E-state index contributed by atoms with van der Waals surface area (Å²) in [5.74, 6) is -0.521. The molecule has 4 rings (SSSR count). The zero-order chi connectivity index (χ0) is 23.8. The van der Waals surface area contributed by atoms with Crippen molar-refractivity contribution in [3.05, 3.63) is 112 Å². The average molecular weight is 489 g/mol.